The van der Waals surface area contributed by atoms with Crippen LogP contribution in [0.1, 0.15) is 29.3 Å². The third-order valence-corrected chi connectivity index (χ3v) is 10.2. The van der Waals surface area contributed by atoms with Crippen molar-refractivity contribution in [1.82, 2.24) is 9.80 Å². The fourth-order valence-corrected chi connectivity index (χ4v) is 7.98. The van der Waals surface area contributed by atoms with Crippen LogP contribution in [0.3, 0.4) is 0 Å². The second-order valence-electron chi connectivity index (χ2n) is 12.0. The highest BCUT2D eigenvalue weighted by Crippen LogP contribution is 2.38. The Balaban J connectivity index is 1.69. The highest BCUT2D eigenvalue weighted by atomic mass is 35.5. The van der Waals surface area contributed by atoms with Crippen LogP contribution in [0.4, 0.5) is 25.8 Å². The topological polar surface area (TPSA) is 16.2 Å². The third-order valence-electron chi connectivity index (χ3n) is 8.89. The number of rotatable bonds is 20. The van der Waals surface area contributed by atoms with E-state index in [-0.39, 0.29) is 17.8 Å². The van der Waals surface area contributed by atoms with E-state index < -0.39 is 0 Å². The Morgan fingerprint density at radius 1 is 0.540 bits per heavy atom. The molecule has 0 aromatic heterocycles. The van der Waals surface area contributed by atoms with Gasteiger partial charge in [-0.25, -0.2) is 8.78 Å². The van der Waals surface area contributed by atoms with E-state index in [1.54, 1.807) is 12.1 Å². The summed E-state index contributed by atoms with van der Waals surface area (Å²) in [6, 6.07) is 16.5. The molecule has 1 fully saturated rings. The van der Waals surface area contributed by atoms with Crippen molar-refractivity contribution in [3.63, 3.8) is 0 Å². The van der Waals surface area contributed by atoms with Crippen molar-refractivity contribution in [2.24, 2.45) is 0 Å². The number of benzene rings is 3. The Morgan fingerprint density at radius 3 is 1.24 bits per heavy atom. The van der Waals surface area contributed by atoms with Gasteiger partial charge in [0.1, 0.15) is 11.6 Å². The van der Waals surface area contributed by atoms with Crippen LogP contribution in [0.5, 0.6) is 0 Å². The van der Waals surface area contributed by atoms with E-state index in [2.05, 4.69) is 14.7 Å². The van der Waals surface area contributed by atoms with Gasteiger partial charge < -0.3 is 14.7 Å². The zero-order chi connectivity index (χ0) is 36.0. The third kappa shape index (κ3) is 11.2. The van der Waals surface area contributed by atoms with Crippen LogP contribution in [0, 0.1) is 11.6 Å². The summed E-state index contributed by atoms with van der Waals surface area (Å²) in [4.78, 5) is 10.5. The SMILES string of the molecule is Fc1cc(N(CCCl)CCCl)ccc1CN1CCCN(Cc2ccc(N(CCCl)CCCl)cc2F)C1c1ccc(N(CCCl)CCCl)cc1Cl. The highest BCUT2D eigenvalue weighted by molar-refractivity contribution is 6.31. The van der Waals surface area contributed by atoms with E-state index >= 15 is 8.78 Å². The largest absolute Gasteiger partial charge is 0.369 e. The molecule has 3 aromatic rings. The minimum Gasteiger partial charge on any atom is -0.369 e. The Hall–Kier alpha value is -1.13. The summed E-state index contributed by atoms with van der Waals surface area (Å²) in [6.45, 7) is 5.54. The second kappa shape index (κ2) is 21.5. The maximum absolute atomic E-state index is 15.8. The molecule has 50 heavy (non-hydrogen) atoms. The maximum Gasteiger partial charge on any atom is 0.129 e. The Bertz CT molecular complexity index is 1400. The van der Waals surface area contributed by atoms with E-state index in [1.807, 2.05) is 52.3 Å². The first-order valence-electron chi connectivity index (χ1n) is 16.7. The fourth-order valence-electron chi connectivity index (χ4n) is 6.48. The van der Waals surface area contributed by atoms with Crippen LogP contribution < -0.4 is 14.7 Å². The number of hydrogen-bond donors (Lipinski definition) is 0. The van der Waals surface area contributed by atoms with Gasteiger partial charge >= 0.3 is 0 Å². The Kier molecular flexibility index (Phi) is 17.9. The maximum atomic E-state index is 15.8. The molecular weight excluding hydrogens is 789 g/mol. The molecule has 0 saturated carbocycles. The molecule has 0 radical (unpaired) electrons. The van der Waals surface area contributed by atoms with Crippen LogP contribution in [-0.4, -0.2) is 97.4 Å². The Morgan fingerprint density at radius 2 is 0.900 bits per heavy atom. The molecule has 0 bridgehead atoms. The predicted molar refractivity (Wildman–Crippen MR) is 213 cm³/mol. The van der Waals surface area contributed by atoms with Gasteiger partial charge in [0.05, 0.1) is 6.17 Å². The number of nitrogens with zero attached hydrogens (tertiary/aromatic N) is 5. The van der Waals surface area contributed by atoms with Gasteiger partial charge in [-0.05, 0) is 42.8 Å². The van der Waals surface area contributed by atoms with E-state index in [4.69, 9.17) is 81.2 Å². The van der Waals surface area contributed by atoms with Crippen LogP contribution in [-0.2, 0) is 13.1 Å². The first-order valence-corrected chi connectivity index (χ1v) is 20.3. The molecule has 0 atom stereocenters. The first kappa shape index (κ1) is 41.6. The summed E-state index contributed by atoms with van der Waals surface area (Å²) in [7, 11) is 0. The standard InChI is InChI=1S/C36H44Cl7F2N5/c37-8-16-46(17-9-38)29-6-7-32(33(43)22-29)36-49(25-27-2-4-30(23-34(27)44)47(18-10-39)19-11-40)14-1-15-50(36)26-28-3-5-31(24-35(28)45)48(20-12-41)21-13-42/h2-7,22-24,36H,1,8-21,25-26H2. The lowest BCUT2D eigenvalue weighted by molar-refractivity contribution is -0.0101. The first-order chi connectivity index (χ1) is 24.3. The number of halogens is 9. The summed E-state index contributed by atoms with van der Waals surface area (Å²) in [6.07, 6.45) is 0.453. The van der Waals surface area contributed by atoms with Crippen molar-refractivity contribution in [2.75, 3.05) is 102 Å². The molecule has 276 valence electrons. The average molecular weight is 833 g/mol. The molecule has 5 nitrogen and oxygen atoms in total. The van der Waals surface area contributed by atoms with Crippen LogP contribution in [0.2, 0.25) is 5.02 Å². The predicted octanol–water partition coefficient (Wildman–Crippen LogP) is 9.88. The van der Waals surface area contributed by atoms with E-state index in [0.717, 1.165) is 29.0 Å². The number of anilines is 3. The lowest BCUT2D eigenvalue weighted by atomic mass is 10.0. The molecule has 14 heteroatoms. The van der Waals surface area contributed by atoms with Gasteiger partial charge in [-0.1, -0.05) is 29.8 Å². The lowest BCUT2D eigenvalue weighted by Gasteiger charge is -2.45. The molecule has 0 spiro atoms. The summed E-state index contributed by atoms with van der Waals surface area (Å²) in [5.41, 5.74) is 4.33. The average Bonchev–Trinajstić information content (AvgIpc) is 3.10. The summed E-state index contributed by atoms with van der Waals surface area (Å²) in [5, 5.41) is 0.556. The van der Waals surface area contributed by atoms with E-state index in [0.29, 0.717) is 117 Å². The van der Waals surface area contributed by atoms with E-state index in [1.165, 1.54) is 0 Å². The molecular formula is C36H44Cl7F2N5. The second-order valence-corrected chi connectivity index (χ2v) is 14.7. The van der Waals surface area contributed by atoms with Gasteiger partial charge in [0, 0.05) is 140 Å². The normalized spacial score (nSPS) is 14.3. The fraction of sp³-hybridized carbons (Fsp3) is 0.500. The molecule has 0 N–H and O–H groups in total. The smallest absolute Gasteiger partial charge is 0.129 e. The van der Waals surface area contributed by atoms with Crippen molar-refractivity contribution >= 4 is 98.3 Å². The summed E-state index contributed by atoms with van der Waals surface area (Å²) < 4.78 is 31.6. The van der Waals surface area contributed by atoms with Gasteiger partial charge in [-0.2, -0.15) is 0 Å². The van der Waals surface area contributed by atoms with Crippen LogP contribution >= 0.6 is 81.2 Å². The molecule has 0 aliphatic carbocycles. The quantitative estimate of drug-likeness (QED) is 0.105. The van der Waals surface area contributed by atoms with Crippen molar-refractivity contribution in [3.05, 3.63) is 87.9 Å². The molecule has 1 aliphatic heterocycles. The highest BCUT2D eigenvalue weighted by Gasteiger charge is 2.33. The van der Waals surface area contributed by atoms with Gasteiger partial charge in [0.15, 0.2) is 0 Å². The lowest BCUT2D eigenvalue weighted by Crippen LogP contribution is -2.47. The molecule has 1 aliphatic rings. The van der Waals surface area contributed by atoms with Crippen molar-refractivity contribution in [3.8, 4) is 0 Å². The number of alkyl halides is 6. The zero-order valence-electron chi connectivity index (χ0n) is 27.9. The van der Waals surface area contributed by atoms with Gasteiger partial charge in [-0.3, -0.25) is 9.80 Å². The van der Waals surface area contributed by atoms with Crippen LogP contribution in [0.15, 0.2) is 54.6 Å². The van der Waals surface area contributed by atoms with Gasteiger partial charge in [0.2, 0.25) is 0 Å². The summed E-state index contributed by atoms with van der Waals surface area (Å²) in [5.74, 6) is 1.89. The van der Waals surface area contributed by atoms with E-state index in [9.17, 15) is 0 Å². The number of hydrogen-bond acceptors (Lipinski definition) is 5. The minimum absolute atomic E-state index is 0.313. The molecule has 3 aromatic carbocycles. The molecule has 4 rings (SSSR count). The minimum atomic E-state index is -0.356. The molecule has 0 unspecified atom stereocenters. The van der Waals surface area contributed by atoms with Crippen molar-refractivity contribution in [2.45, 2.75) is 25.7 Å². The molecule has 1 heterocycles. The molecule has 1 saturated heterocycles. The van der Waals surface area contributed by atoms with Crippen LogP contribution in [0.25, 0.3) is 0 Å². The molecule has 0 amide bonds. The summed E-state index contributed by atoms with van der Waals surface area (Å²) >= 11 is 43.3. The van der Waals surface area contributed by atoms with Gasteiger partial charge in [-0.15, -0.1) is 69.6 Å². The zero-order valence-corrected chi connectivity index (χ0v) is 33.2. The van der Waals surface area contributed by atoms with Gasteiger partial charge in [0.25, 0.3) is 0 Å². The van der Waals surface area contributed by atoms with Crippen molar-refractivity contribution in [1.29, 1.82) is 0 Å². The monoisotopic (exact) mass is 829 g/mol. The Labute approximate surface area is 330 Å². The van der Waals surface area contributed by atoms with Crippen molar-refractivity contribution < 1.29 is 8.78 Å².